The van der Waals surface area contributed by atoms with E-state index < -0.39 is 18.3 Å². The van der Waals surface area contributed by atoms with Gasteiger partial charge in [-0.3, -0.25) is 9.59 Å². The topological polar surface area (TPSA) is 49.4 Å². The fourth-order valence-electron chi connectivity index (χ4n) is 3.84. The van der Waals surface area contributed by atoms with E-state index in [1.54, 1.807) is 0 Å². The van der Waals surface area contributed by atoms with Crippen LogP contribution in [-0.2, 0) is 4.79 Å². The first-order valence-electron chi connectivity index (χ1n) is 10.4. The van der Waals surface area contributed by atoms with Crippen molar-refractivity contribution >= 4 is 23.2 Å². The molecule has 0 aliphatic carbocycles. The van der Waals surface area contributed by atoms with Gasteiger partial charge in [-0.05, 0) is 49.8 Å². The normalized spacial score (nSPS) is 16.3. The van der Waals surface area contributed by atoms with Gasteiger partial charge in [0.25, 0.3) is 11.8 Å². The lowest BCUT2D eigenvalue weighted by Crippen LogP contribution is -2.47. The molecule has 1 aromatic carbocycles. The Morgan fingerprint density at radius 3 is 2.40 bits per heavy atom. The quantitative estimate of drug-likeness (QED) is 0.651. The number of nitrogens with one attached hydrogen (secondary N) is 1. The predicted octanol–water partition coefficient (Wildman–Crippen LogP) is 5.20. The average molecular weight is 435 g/mol. The van der Waals surface area contributed by atoms with E-state index >= 15 is 0 Å². The summed E-state index contributed by atoms with van der Waals surface area (Å²) in [5, 5.41) is 3.15. The minimum absolute atomic E-state index is 0.0999. The Morgan fingerprint density at radius 2 is 1.83 bits per heavy atom. The van der Waals surface area contributed by atoms with Gasteiger partial charge in [0.2, 0.25) is 0 Å². The molecule has 162 valence electrons. The number of halogens is 2. The van der Waals surface area contributed by atoms with Crippen molar-refractivity contribution in [3.63, 3.8) is 0 Å². The highest BCUT2D eigenvalue weighted by Crippen LogP contribution is 2.31. The molecule has 2 aromatic rings. The van der Waals surface area contributed by atoms with E-state index in [4.69, 9.17) is 0 Å². The minimum atomic E-state index is -3.29. The van der Waals surface area contributed by atoms with E-state index in [0.29, 0.717) is 37.2 Å². The highest BCUT2D eigenvalue weighted by molar-refractivity contribution is 7.13. The summed E-state index contributed by atoms with van der Waals surface area (Å²) in [5.74, 6) is -4.20. The Bertz CT molecular complexity index is 861. The minimum Gasteiger partial charge on any atom is -0.345 e. The number of piperidine rings is 1. The van der Waals surface area contributed by atoms with Crippen molar-refractivity contribution in [2.45, 2.75) is 51.5 Å². The molecule has 0 saturated carbocycles. The van der Waals surface area contributed by atoms with Crippen molar-refractivity contribution in [2.75, 3.05) is 13.1 Å². The molecule has 1 aliphatic heterocycles. The molecule has 0 bridgehead atoms. The van der Waals surface area contributed by atoms with Crippen molar-refractivity contribution in [3.8, 4) is 0 Å². The molecular weight excluding hydrogens is 406 g/mol. The number of amides is 2. The van der Waals surface area contributed by atoms with Crippen molar-refractivity contribution in [3.05, 3.63) is 57.8 Å². The molecule has 3 rings (SSSR count). The molecular formula is C23H28F2N2O2S. The Kier molecular flexibility index (Phi) is 7.23. The fraction of sp³-hybridized carbons (Fsp3) is 0.478. The summed E-state index contributed by atoms with van der Waals surface area (Å²) in [6, 6.07) is 13.4. The summed E-state index contributed by atoms with van der Waals surface area (Å²) in [5.41, 5.74) is 1.02. The van der Waals surface area contributed by atoms with E-state index in [0.717, 1.165) is 10.4 Å². The van der Waals surface area contributed by atoms with Crippen molar-refractivity contribution in [1.29, 1.82) is 0 Å². The van der Waals surface area contributed by atoms with E-state index in [1.165, 1.54) is 23.2 Å². The van der Waals surface area contributed by atoms with Gasteiger partial charge in [-0.1, -0.05) is 37.3 Å². The molecule has 30 heavy (non-hydrogen) atoms. The van der Waals surface area contributed by atoms with Crippen molar-refractivity contribution < 1.29 is 18.4 Å². The molecule has 1 unspecified atom stereocenters. The van der Waals surface area contributed by atoms with Crippen LogP contribution in [0.15, 0.2) is 42.5 Å². The molecule has 2 amide bonds. The third kappa shape index (κ3) is 5.45. The number of alkyl halides is 2. The van der Waals surface area contributed by atoms with Gasteiger partial charge in [-0.15, -0.1) is 11.3 Å². The Balaban J connectivity index is 1.64. The first-order chi connectivity index (χ1) is 14.3. The zero-order valence-electron chi connectivity index (χ0n) is 17.4. The summed E-state index contributed by atoms with van der Waals surface area (Å²) >= 11 is 1.46. The lowest BCUT2D eigenvalue weighted by atomic mass is 9.87. The maximum atomic E-state index is 13.7. The second-order valence-electron chi connectivity index (χ2n) is 7.88. The molecule has 1 aliphatic rings. The Labute approximate surface area is 180 Å². The van der Waals surface area contributed by atoms with Gasteiger partial charge in [-0.2, -0.15) is 8.78 Å². The molecule has 2 heterocycles. The van der Waals surface area contributed by atoms with Gasteiger partial charge in [0.05, 0.1) is 10.9 Å². The molecule has 1 atom stereocenters. The van der Waals surface area contributed by atoms with E-state index in [2.05, 4.69) is 5.32 Å². The molecule has 0 radical (unpaired) electrons. The number of carbonyl (C=O) groups is 2. The number of carbonyl (C=O) groups excluding carboxylic acids is 2. The third-order valence-electron chi connectivity index (χ3n) is 5.70. The third-order valence-corrected chi connectivity index (χ3v) is 6.70. The number of likely N-dealkylation sites (tertiary alicyclic amines) is 1. The summed E-state index contributed by atoms with van der Waals surface area (Å²) in [7, 11) is 0. The molecule has 1 N–H and O–H groups in total. The lowest BCUT2D eigenvalue weighted by Gasteiger charge is -2.35. The summed E-state index contributed by atoms with van der Waals surface area (Å²) in [6.45, 7) is 3.96. The number of hydrogen-bond donors (Lipinski definition) is 1. The van der Waals surface area contributed by atoms with Crippen LogP contribution < -0.4 is 5.32 Å². The maximum Gasteiger partial charge on any atom is 0.324 e. The summed E-state index contributed by atoms with van der Waals surface area (Å²) in [4.78, 5) is 27.8. The predicted molar refractivity (Wildman–Crippen MR) is 115 cm³/mol. The van der Waals surface area contributed by atoms with Crippen LogP contribution >= 0.6 is 11.3 Å². The number of thiophene rings is 1. The van der Waals surface area contributed by atoms with Crippen LogP contribution in [0.25, 0.3) is 0 Å². The zero-order chi connectivity index (χ0) is 21.7. The largest absolute Gasteiger partial charge is 0.345 e. The molecule has 1 fully saturated rings. The van der Waals surface area contributed by atoms with Crippen LogP contribution in [0.2, 0.25) is 0 Å². The fourth-order valence-corrected chi connectivity index (χ4v) is 4.61. The van der Waals surface area contributed by atoms with Crippen LogP contribution in [0, 0.1) is 12.8 Å². The highest BCUT2D eigenvalue weighted by atomic mass is 32.1. The van der Waals surface area contributed by atoms with Gasteiger partial charge in [0.1, 0.15) is 0 Å². The van der Waals surface area contributed by atoms with Crippen LogP contribution in [0.3, 0.4) is 0 Å². The molecule has 1 saturated heterocycles. The molecule has 1 aromatic heterocycles. The average Bonchev–Trinajstić information content (AvgIpc) is 3.20. The van der Waals surface area contributed by atoms with E-state index in [-0.39, 0.29) is 17.9 Å². The first-order valence-corrected chi connectivity index (χ1v) is 11.2. The second kappa shape index (κ2) is 9.69. The number of nitrogens with zero attached hydrogens (tertiary/aromatic N) is 1. The van der Waals surface area contributed by atoms with Crippen LogP contribution in [0.1, 0.15) is 58.8 Å². The number of aryl methyl sites for hydroxylation is 1. The van der Waals surface area contributed by atoms with Gasteiger partial charge in [0.15, 0.2) is 0 Å². The van der Waals surface area contributed by atoms with Gasteiger partial charge < -0.3 is 10.2 Å². The monoisotopic (exact) mass is 434 g/mol. The first kappa shape index (κ1) is 22.4. The highest BCUT2D eigenvalue weighted by Gasteiger charge is 2.41. The van der Waals surface area contributed by atoms with Gasteiger partial charge in [0, 0.05) is 24.4 Å². The summed E-state index contributed by atoms with van der Waals surface area (Å²) in [6.07, 6.45) is 1.55. The van der Waals surface area contributed by atoms with Crippen molar-refractivity contribution in [2.24, 2.45) is 5.92 Å². The van der Waals surface area contributed by atoms with Crippen molar-refractivity contribution in [1.82, 2.24) is 10.2 Å². The van der Waals surface area contributed by atoms with Gasteiger partial charge in [-0.25, -0.2) is 0 Å². The Hall–Kier alpha value is -2.28. The van der Waals surface area contributed by atoms with Gasteiger partial charge >= 0.3 is 5.92 Å². The number of rotatable bonds is 7. The van der Waals surface area contributed by atoms with Crippen LogP contribution in [-0.4, -0.2) is 35.7 Å². The number of hydrogen-bond acceptors (Lipinski definition) is 3. The zero-order valence-corrected chi connectivity index (χ0v) is 18.2. The molecule has 7 heteroatoms. The molecule has 4 nitrogen and oxygen atoms in total. The summed E-state index contributed by atoms with van der Waals surface area (Å²) < 4.78 is 27.5. The maximum absolute atomic E-state index is 13.7. The van der Waals surface area contributed by atoms with E-state index in [1.807, 2.05) is 49.4 Å². The number of benzene rings is 1. The SMILES string of the molecule is CCC(F)(F)C(=O)N1CCC(CC(NC(=O)c2ccc(C)s2)c2ccccc2)CC1. The van der Waals surface area contributed by atoms with E-state index in [9.17, 15) is 18.4 Å². The molecule has 0 spiro atoms. The smallest absolute Gasteiger partial charge is 0.324 e. The standard InChI is InChI=1S/C23H28F2N2O2S/c1-3-23(24,25)22(29)27-13-11-17(12-14-27)15-19(18-7-5-4-6-8-18)26-21(28)20-10-9-16(2)30-20/h4-10,17,19H,3,11-15H2,1-2H3,(H,26,28). The van der Waals surface area contributed by atoms with Crippen LogP contribution in [0.5, 0.6) is 0 Å². The van der Waals surface area contributed by atoms with Crippen LogP contribution in [0.4, 0.5) is 8.78 Å². The Morgan fingerprint density at radius 1 is 1.17 bits per heavy atom. The lowest BCUT2D eigenvalue weighted by molar-refractivity contribution is -0.159. The second-order valence-corrected chi connectivity index (χ2v) is 9.16.